The van der Waals surface area contributed by atoms with Gasteiger partial charge in [0.2, 0.25) is 0 Å². The first-order chi connectivity index (χ1) is 7.95. The van der Waals surface area contributed by atoms with E-state index in [-0.39, 0.29) is 5.60 Å². The topological polar surface area (TPSA) is 55.4 Å². The number of methoxy groups -OCH3 is 1. The minimum atomic E-state index is -3.10. The molecule has 1 aliphatic heterocycles. The van der Waals surface area contributed by atoms with Crippen LogP contribution in [0.1, 0.15) is 5.56 Å². The molecule has 94 valence electrons. The van der Waals surface area contributed by atoms with Crippen molar-refractivity contribution in [2.24, 2.45) is 0 Å². The minimum Gasteiger partial charge on any atom is -0.375 e. The number of benzene rings is 1. The van der Waals surface area contributed by atoms with E-state index in [1.165, 1.54) is 6.26 Å². The Morgan fingerprint density at radius 3 is 2.24 bits per heavy atom. The summed E-state index contributed by atoms with van der Waals surface area (Å²) >= 11 is 0. The Hall–Kier alpha value is -0.910. The van der Waals surface area contributed by atoms with Crippen LogP contribution in [0.3, 0.4) is 0 Å². The lowest BCUT2D eigenvalue weighted by molar-refractivity contribution is -0.0502. The van der Waals surface area contributed by atoms with Crippen molar-refractivity contribution in [2.75, 3.05) is 26.5 Å². The van der Waals surface area contributed by atoms with Crippen LogP contribution in [0.25, 0.3) is 0 Å². The summed E-state index contributed by atoms with van der Waals surface area (Å²) in [5.41, 5.74) is 0.979. The third kappa shape index (κ3) is 2.68. The summed E-state index contributed by atoms with van der Waals surface area (Å²) in [5.74, 6) is 0. The molecule has 0 amide bonds. The SMILES string of the molecule is COC1(Cc2ccc(S(C)(=O)=O)cc2)CNC1. The lowest BCUT2D eigenvalue weighted by atomic mass is 9.89. The number of ether oxygens (including phenoxy) is 1. The van der Waals surface area contributed by atoms with Crippen LogP contribution in [0.4, 0.5) is 0 Å². The van der Waals surface area contributed by atoms with Crippen molar-refractivity contribution in [1.29, 1.82) is 0 Å². The monoisotopic (exact) mass is 255 g/mol. The maximum Gasteiger partial charge on any atom is 0.175 e. The minimum absolute atomic E-state index is 0.118. The average molecular weight is 255 g/mol. The molecule has 0 saturated carbocycles. The predicted molar refractivity (Wildman–Crippen MR) is 65.9 cm³/mol. The highest BCUT2D eigenvalue weighted by Gasteiger charge is 2.36. The molecule has 5 heteroatoms. The van der Waals surface area contributed by atoms with Crippen LogP contribution in [0, 0.1) is 0 Å². The Labute approximate surface area is 102 Å². The van der Waals surface area contributed by atoms with Crippen LogP contribution in [0.5, 0.6) is 0 Å². The fourth-order valence-corrected chi connectivity index (χ4v) is 2.60. The normalized spacial score (nSPS) is 18.7. The molecule has 17 heavy (non-hydrogen) atoms. The number of nitrogens with one attached hydrogen (secondary N) is 1. The Kier molecular flexibility index (Phi) is 3.25. The highest BCUT2D eigenvalue weighted by molar-refractivity contribution is 7.90. The van der Waals surface area contributed by atoms with Gasteiger partial charge in [0, 0.05) is 32.9 Å². The second-order valence-electron chi connectivity index (χ2n) is 4.58. The molecule has 1 N–H and O–H groups in total. The molecule has 4 nitrogen and oxygen atoms in total. The second-order valence-corrected chi connectivity index (χ2v) is 6.60. The zero-order valence-electron chi connectivity index (χ0n) is 10.1. The van der Waals surface area contributed by atoms with Gasteiger partial charge in [-0.2, -0.15) is 0 Å². The number of hydrogen-bond donors (Lipinski definition) is 1. The second kappa shape index (κ2) is 4.40. The zero-order valence-corrected chi connectivity index (χ0v) is 10.9. The summed E-state index contributed by atoms with van der Waals surface area (Å²) in [5, 5.41) is 3.19. The van der Waals surface area contributed by atoms with E-state index in [2.05, 4.69) is 5.32 Å². The Balaban J connectivity index is 2.14. The Bertz CT molecular complexity index is 483. The molecular formula is C12H17NO3S. The quantitative estimate of drug-likeness (QED) is 0.857. The third-order valence-electron chi connectivity index (χ3n) is 3.21. The molecule has 0 aliphatic carbocycles. The van der Waals surface area contributed by atoms with Gasteiger partial charge >= 0.3 is 0 Å². The molecule has 1 aliphatic rings. The third-order valence-corrected chi connectivity index (χ3v) is 4.33. The van der Waals surface area contributed by atoms with Gasteiger partial charge in [0.1, 0.15) is 0 Å². The van der Waals surface area contributed by atoms with Crippen LogP contribution in [0.2, 0.25) is 0 Å². The van der Waals surface area contributed by atoms with Gasteiger partial charge in [0.25, 0.3) is 0 Å². The van der Waals surface area contributed by atoms with Gasteiger partial charge in [-0.3, -0.25) is 0 Å². The summed E-state index contributed by atoms with van der Waals surface area (Å²) < 4.78 is 28.1. The maximum absolute atomic E-state index is 11.3. The van der Waals surface area contributed by atoms with Crippen molar-refractivity contribution in [1.82, 2.24) is 5.32 Å². The molecule has 0 bridgehead atoms. The largest absolute Gasteiger partial charge is 0.375 e. The molecule has 0 spiro atoms. The molecule has 2 rings (SSSR count). The first-order valence-corrected chi connectivity index (χ1v) is 7.39. The van der Waals surface area contributed by atoms with E-state index in [1.54, 1.807) is 19.2 Å². The van der Waals surface area contributed by atoms with E-state index in [4.69, 9.17) is 4.74 Å². The van der Waals surface area contributed by atoms with Crippen molar-refractivity contribution < 1.29 is 13.2 Å². The molecule has 1 heterocycles. The highest BCUT2D eigenvalue weighted by atomic mass is 32.2. The smallest absolute Gasteiger partial charge is 0.175 e. The molecule has 0 atom stereocenters. The summed E-state index contributed by atoms with van der Waals surface area (Å²) in [6, 6.07) is 7.02. The number of hydrogen-bond acceptors (Lipinski definition) is 4. The molecular weight excluding hydrogens is 238 g/mol. The Morgan fingerprint density at radius 1 is 1.29 bits per heavy atom. The van der Waals surface area contributed by atoms with E-state index in [9.17, 15) is 8.42 Å². The molecule has 1 aromatic rings. The highest BCUT2D eigenvalue weighted by Crippen LogP contribution is 2.22. The van der Waals surface area contributed by atoms with Gasteiger partial charge in [0.15, 0.2) is 9.84 Å². The van der Waals surface area contributed by atoms with Crippen LogP contribution in [-0.2, 0) is 21.0 Å². The summed E-state index contributed by atoms with van der Waals surface area (Å²) in [7, 11) is -1.39. The van der Waals surface area contributed by atoms with E-state index in [1.807, 2.05) is 12.1 Å². The lowest BCUT2D eigenvalue weighted by Crippen LogP contribution is -2.61. The fraction of sp³-hybridized carbons (Fsp3) is 0.500. The summed E-state index contributed by atoms with van der Waals surface area (Å²) in [6.07, 6.45) is 2.02. The number of rotatable bonds is 4. The predicted octanol–water partition coefficient (Wildman–Crippen LogP) is 0.621. The van der Waals surface area contributed by atoms with Gasteiger partial charge < -0.3 is 10.1 Å². The zero-order chi connectivity index (χ0) is 12.5. The van der Waals surface area contributed by atoms with Gasteiger partial charge in [0.05, 0.1) is 10.5 Å². The van der Waals surface area contributed by atoms with E-state index in [0.717, 1.165) is 25.1 Å². The van der Waals surface area contributed by atoms with Crippen molar-refractivity contribution in [3.8, 4) is 0 Å². The van der Waals surface area contributed by atoms with Crippen molar-refractivity contribution in [2.45, 2.75) is 16.9 Å². The standard InChI is InChI=1S/C12H17NO3S/c1-16-12(8-13-9-12)7-10-3-5-11(6-4-10)17(2,14)15/h3-6,13H,7-9H2,1-2H3. The number of sulfone groups is 1. The Morgan fingerprint density at radius 2 is 1.88 bits per heavy atom. The molecule has 0 radical (unpaired) electrons. The van der Waals surface area contributed by atoms with Gasteiger partial charge in [-0.05, 0) is 17.7 Å². The van der Waals surface area contributed by atoms with Crippen LogP contribution in [-0.4, -0.2) is 40.5 Å². The van der Waals surface area contributed by atoms with E-state index in [0.29, 0.717) is 4.90 Å². The molecule has 0 unspecified atom stereocenters. The maximum atomic E-state index is 11.3. The van der Waals surface area contributed by atoms with Gasteiger partial charge in [-0.25, -0.2) is 8.42 Å². The van der Waals surface area contributed by atoms with Crippen molar-refractivity contribution in [3.05, 3.63) is 29.8 Å². The molecule has 1 fully saturated rings. The van der Waals surface area contributed by atoms with Gasteiger partial charge in [-0.1, -0.05) is 12.1 Å². The first-order valence-electron chi connectivity index (χ1n) is 5.50. The van der Waals surface area contributed by atoms with Crippen LogP contribution in [0.15, 0.2) is 29.2 Å². The lowest BCUT2D eigenvalue weighted by Gasteiger charge is -2.41. The fourth-order valence-electron chi connectivity index (χ4n) is 1.97. The summed E-state index contributed by atoms with van der Waals surface area (Å²) in [4.78, 5) is 0.361. The summed E-state index contributed by atoms with van der Waals surface area (Å²) in [6.45, 7) is 1.69. The van der Waals surface area contributed by atoms with Crippen molar-refractivity contribution >= 4 is 9.84 Å². The molecule has 1 aromatic carbocycles. The van der Waals surface area contributed by atoms with Gasteiger partial charge in [-0.15, -0.1) is 0 Å². The molecule has 0 aromatic heterocycles. The first kappa shape index (κ1) is 12.5. The van der Waals surface area contributed by atoms with Crippen LogP contribution < -0.4 is 5.32 Å². The van der Waals surface area contributed by atoms with Crippen molar-refractivity contribution in [3.63, 3.8) is 0 Å². The molecule has 1 saturated heterocycles. The van der Waals surface area contributed by atoms with E-state index >= 15 is 0 Å². The van der Waals surface area contributed by atoms with Crippen LogP contribution >= 0.6 is 0 Å². The average Bonchev–Trinajstić information content (AvgIpc) is 2.23. The van der Waals surface area contributed by atoms with E-state index < -0.39 is 9.84 Å².